The third kappa shape index (κ3) is 5.59. The monoisotopic (exact) mass is 270 g/mol. The summed E-state index contributed by atoms with van der Waals surface area (Å²) in [7, 11) is 0. The number of hydrogen-bond acceptors (Lipinski definition) is 3. The molecule has 3 N–H and O–H groups in total. The van der Waals surface area contributed by atoms with Crippen LogP contribution in [0.1, 0.15) is 46.5 Å². The van der Waals surface area contributed by atoms with Crippen LogP contribution in [-0.2, 0) is 9.59 Å². The van der Waals surface area contributed by atoms with Crippen molar-refractivity contribution in [2.45, 2.75) is 52.5 Å². The van der Waals surface area contributed by atoms with Crippen LogP contribution in [0.25, 0.3) is 0 Å². The Morgan fingerprint density at radius 2 is 2.11 bits per heavy atom. The fourth-order valence-electron chi connectivity index (χ4n) is 2.39. The van der Waals surface area contributed by atoms with Crippen LogP contribution in [0.15, 0.2) is 0 Å². The van der Waals surface area contributed by atoms with Crippen molar-refractivity contribution in [2.24, 2.45) is 11.3 Å². The SMILES string of the molecule is CC(C)(C)[C@H](NC(=O)CCC1CCCNC1)C(=O)O. The Kier molecular flexibility index (Phi) is 5.79. The van der Waals surface area contributed by atoms with E-state index in [1.54, 1.807) is 0 Å². The molecule has 0 aromatic heterocycles. The van der Waals surface area contributed by atoms with Crippen LogP contribution in [0, 0.1) is 11.3 Å². The summed E-state index contributed by atoms with van der Waals surface area (Å²) < 4.78 is 0. The Morgan fingerprint density at radius 3 is 2.58 bits per heavy atom. The van der Waals surface area contributed by atoms with Crippen molar-refractivity contribution >= 4 is 11.9 Å². The number of hydrogen-bond donors (Lipinski definition) is 3. The van der Waals surface area contributed by atoms with Crippen molar-refractivity contribution in [3.63, 3.8) is 0 Å². The number of carbonyl (C=O) groups is 2. The van der Waals surface area contributed by atoms with Gasteiger partial charge in [0.2, 0.25) is 5.91 Å². The average Bonchev–Trinajstić information content (AvgIpc) is 2.33. The van der Waals surface area contributed by atoms with Crippen LogP contribution in [0.3, 0.4) is 0 Å². The quantitative estimate of drug-likeness (QED) is 0.705. The standard InChI is InChI=1S/C14H26N2O3/c1-14(2,3)12(13(18)19)16-11(17)7-6-10-5-4-8-15-9-10/h10,12,15H,4-9H2,1-3H3,(H,16,17)(H,18,19)/t10?,12-/m1/s1. The van der Waals surface area contributed by atoms with Gasteiger partial charge in [-0.3, -0.25) is 4.79 Å². The average molecular weight is 270 g/mol. The maximum atomic E-state index is 11.9. The highest BCUT2D eigenvalue weighted by Gasteiger charge is 2.32. The molecule has 1 saturated heterocycles. The highest BCUT2D eigenvalue weighted by molar-refractivity contribution is 5.84. The molecule has 0 aromatic carbocycles. The minimum absolute atomic E-state index is 0.159. The molecule has 0 radical (unpaired) electrons. The number of aliphatic carboxylic acids is 1. The molecule has 5 heteroatoms. The van der Waals surface area contributed by atoms with Crippen molar-refractivity contribution < 1.29 is 14.7 Å². The smallest absolute Gasteiger partial charge is 0.326 e. The molecule has 110 valence electrons. The second-order valence-electron chi connectivity index (χ2n) is 6.46. The molecule has 0 spiro atoms. The Bertz CT molecular complexity index is 317. The van der Waals surface area contributed by atoms with Gasteiger partial charge < -0.3 is 15.7 Å². The molecular formula is C14H26N2O3. The number of amides is 1. The molecule has 19 heavy (non-hydrogen) atoms. The van der Waals surface area contributed by atoms with Crippen LogP contribution in [0.5, 0.6) is 0 Å². The predicted molar refractivity (Wildman–Crippen MR) is 73.8 cm³/mol. The number of piperidine rings is 1. The van der Waals surface area contributed by atoms with Gasteiger partial charge in [-0.15, -0.1) is 0 Å². The molecule has 1 fully saturated rings. The van der Waals surface area contributed by atoms with Crippen molar-refractivity contribution in [3.8, 4) is 0 Å². The van der Waals surface area contributed by atoms with Gasteiger partial charge in [0, 0.05) is 6.42 Å². The molecule has 1 rings (SSSR count). The summed E-state index contributed by atoms with van der Waals surface area (Å²) in [5.74, 6) is -0.592. The fraction of sp³-hybridized carbons (Fsp3) is 0.857. The van der Waals surface area contributed by atoms with Gasteiger partial charge >= 0.3 is 5.97 Å². The molecule has 0 saturated carbocycles. The molecule has 0 bridgehead atoms. The summed E-state index contributed by atoms with van der Waals surface area (Å²) in [5.41, 5.74) is -0.478. The first-order valence-corrected chi connectivity index (χ1v) is 7.03. The lowest BCUT2D eigenvalue weighted by atomic mass is 9.86. The lowest BCUT2D eigenvalue weighted by Crippen LogP contribution is -2.49. The van der Waals surface area contributed by atoms with Crippen molar-refractivity contribution in [1.29, 1.82) is 0 Å². The van der Waals surface area contributed by atoms with Crippen LogP contribution in [0.4, 0.5) is 0 Å². The summed E-state index contributed by atoms with van der Waals surface area (Å²) in [6.45, 7) is 7.48. The molecule has 1 aliphatic rings. The van der Waals surface area contributed by atoms with E-state index in [0.717, 1.165) is 32.4 Å². The molecular weight excluding hydrogens is 244 g/mol. The lowest BCUT2D eigenvalue weighted by molar-refractivity contribution is -0.145. The maximum Gasteiger partial charge on any atom is 0.326 e. The highest BCUT2D eigenvalue weighted by atomic mass is 16.4. The second kappa shape index (κ2) is 6.89. The van der Waals surface area contributed by atoms with Gasteiger partial charge in [0.1, 0.15) is 6.04 Å². The number of carboxylic acids is 1. The maximum absolute atomic E-state index is 11.9. The van der Waals surface area contributed by atoms with E-state index in [9.17, 15) is 9.59 Å². The summed E-state index contributed by atoms with van der Waals surface area (Å²) in [4.78, 5) is 23.0. The Labute approximate surface area is 115 Å². The van der Waals surface area contributed by atoms with E-state index in [4.69, 9.17) is 5.11 Å². The van der Waals surface area contributed by atoms with Gasteiger partial charge in [-0.05, 0) is 43.7 Å². The zero-order valence-corrected chi connectivity index (χ0v) is 12.2. The summed E-state index contributed by atoms with van der Waals surface area (Å²) >= 11 is 0. The van der Waals surface area contributed by atoms with Crippen LogP contribution in [0.2, 0.25) is 0 Å². The molecule has 1 heterocycles. The van der Waals surface area contributed by atoms with E-state index < -0.39 is 17.4 Å². The van der Waals surface area contributed by atoms with Crippen molar-refractivity contribution in [2.75, 3.05) is 13.1 Å². The predicted octanol–water partition coefficient (Wildman–Crippen LogP) is 1.38. The fourth-order valence-corrected chi connectivity index (χ4v) is 2.39. The summed E-state index contributed by atoms with van der Waals surface area (Å²) in [6.07, 6.45) is 3.55. The topological polar surface area (TPSA) is 78.4 Å². The normalized spacial score (nSPS) is 21.7. The first-order chi connectivity index (χ1) is 8.80. The Morgan fingerprint density at radius 1 is 1.42 bits per heavy atom. The lowest BCUT2D eigenvalue weighted by Gasteiger charge is -2.28. The molecule has 0 aromatic rings. The zero-order chi connectivity index (χ0) is 14.5. The minimum Gasteiger partial charge on any atom is -0.480 e. The molecule has 0 aliphatic carbocycles. The van der Waals surface area contributed by atoms with E-state index in [1.165, 1.54) is 0 Å². The Balaban J connectivity index is 2.38. The van der Waals surface area contributed by atoms with E-state index in [1.807, 2.05) is 20.8 Å². The van der Waals surface area contributed by atoms with Gasteiger partial charge in [-0.1, -0.05) is 20.8 Å². The van der Waals surface area contributed by atoms with Gasteiger partial charge in [0.15, 0.2) is 0 Å². The molecule has 1 amide bonds. The van der Waals surface area contributed by atoms with Crippen LogP contribution >= 0.6 is 0 Å². The van der Waals surface area contributed by atoms with Gasteiger partial charge in [0.05, 0.1) is 0 Å². The number of nitrogens with one attached hydrogen (secondary N) is 2. The summed E-state index contributed by atoms with van der Waals surface area (Å²) in [6, 6.07) is -0.829. The molecule has 5 nitrogen and oxygen atoms in total. The second-order valence-corrected chi connectivity index (χ2v) is 6.46. The third-order valence-corrected chi connectivity index (χ3v) is 3.60. The van der Waals surface area contributed by atoms with Gasteiger partial charge in [-0.2, -0.15) is 0 Å². The first kappa shape index (κ1) is 16.0. The molecule has 1 aliphatic heterocycles. The number of rotatable bonds is 5. The number of carbonyl (C=O) groups excluding carboxylic acids is 1. The first-order valence-electron chi connectivity index (χ1n) is 7.03. The minimum atomic E-state index is -0.972. The van der Waals surface area contributed by atoms with E-state index in [0.29, 0.717) is 12.3 Å². The van der Waals surface area contributed by atoms with Crippen LogP contribution < -0.4 is 10.6 Å². The molecule has 2 atom stereocenters. The van der Waals surface area contributed by atoms with E-state index >= 15 is 0 Å². The van der Waals surface area contributed by atoms with E-state index in [2.05, 4.69) is 10.6 Å². The summed E-state index contributed by atoms with van der Waals surface area (Å²) in [5, 5.41) is 15.1. The van der Waals surface area contributed by atoms with Crippen LogP contribution in [-0.4, -0.2) is 36.1 Å². The van der Waals surface area contributed by atoms with Gasteiger partial charge in [-0.25, -0.2) is 4.79 Å². The third-order valence-electron chi connectivity index (χ3n) is 3.60. The Hall–Kier alpha value is -1.10. The van der Waals surface area contributed by atoms with E-state index in [-0.39, 0.29) is 5.91 Å². The largest absolute Gasteiger partial charge is 0.480 e. The van der Waals surface area contributed by atoms with Crippen molar-refractivity contribution in [3.05, 3.63) is 0 Å². The molecule has 1 unspecified atom stereocenters. The number of carboxylic acid groups (broad SMARTS) is 1. The van der Waals surface area contributed by atoms with Gasteiger partial charge in [0.25, 0.3) is 0 Å². The zero-order valence-electron chi connectivity index (χ0n) is 12.2. The van der Waals surface area contributed by atoms with Crippen molar-refractivity contribution in [1.82, 2.24) is 10.6 Å². The highest BCUT2D eigenvalue weighted by Crippen LogP contribution is 2.20.